The second-order valence-electron chi connectivity index (χ2n) is 4.38. The van der Waals surface area contributed by atoms with Crippen LogP contribution in [0.1, 0.15) is 11.7 Å². The number of rotatable bonds is 2. The van der Waals surface area contributed by atoms with Gasteiger partial charge in [-0.25, -0.2) is 0 Å². The first kappa shape index (κ1) is 14.4. The van der Waals surface area contributed by atoms with Crippen molar-refractivity contribution in [1.29, 1.82) is 0 Å². The summed E-state index contributed by atoms with van der Waals surface area (Å²) < 4.78 is 5.11. The Kier molecular flexibility index (Phi) is 3.72. The molecule has 0 spiro atoms. The van der Waals surface area contributed by atoms with E-state index in [1.54, 1.807) is 0 Å². The summed E-state index contributed by atoms with van der Waals surface area (Å²) in [5, 5.41) is 29.1. The zero-order valence-electron chi connectivity index (χ0n) is 10.1. The van der Waals surface area contributed by atoms with Gasteiger partial charge in [-0.15, -0.1) is 0 Å². The minimum Gasteiger partial charge on any atom is -0.387 e. The van der Waals surface area contributed by atoms with Crippen LogP contribution in [-0.4, -0.2) is 56.0 Å². The van der Waals surface area contributed by atoms with Crippen LogP contribution in [0.5, 0.6) is 0 Å². The quantitative estimate of drug-likeness (QED) is 0.302. The highest BCUT2D eigenvalue weighted by molar-refractivity contribution is 5.58. The number of aliphatic hydroxyl groups is 3. The van der Waals surface area contributed by atoms with Crippen molar-refractivity contribution in [3.05, 3.63) is 15.9 Å². The highest BCUT2D eigenvalue weighted by Crippen LogP contribution is 2.32. The predicted octanol–water partition coefficient (Wildman–Crippen LogP) is -3.34. The van der Waals surface area contributed by atoms with Gasteiger partial charge in [0.05, 0.1) is 5.56 Å². The largest absolute Gasteiger partial charge is 0.387 e. The van der Waals surface area contributed by atoms with Crippen LogP contribution in [0.2, 0.25) is 0 Å². The summed E-state index contributed by atoms with van der Waals surface area (Å²) >= 11 is 0. The number of nitrogens with zero attached hydrogens (tertiary/aromatic N) is 1. The van der Waals surface area contributed by atoms with Gasteiger partial charge in [0, 0.05) is 0 Å². The molecule has 1 aliphatic rings. The van der Waals surface area contributed by atoms with E-state index in [-0.39, 0.29) is 23.6 Å². The summed E-state index contributed by atoms with van der Waals surface area (Å²) in [5.74, 6) is -0.530. The van der Waals surface area contributed by atoms with Crippen LogP contribution in [0.3, 0.4) is 0 Å². The molecular weight excluding hydrogens is 272 g/mol. The molecule has 0 saturated carbocycles. The van der Waals surface area contributed by atoms with E-state index in [0.717, 1.165) is 0 Å². The number of carbonyl (C=O) groups excluding carboxylic acids is 1. The summed E-state index contributed by atoms with van der Waals surface area (Å²) in [6, 6.07) is 0. The Morgan fingerprint density at radius 2 is 1.85 bits per heavy atom. The topological polar surface area (TPSA) is 185 Å². The van der Waals surface area contributed by atoms with Crippen LogP contribution in [0.25, 0.3) is 0 Å². The summed E-state index contributed by atoms with van der Waals surface area (Å²) in [7, 11) is 0. The Labute approximate surface area is 112 Å². The van der Waals surface area contributed by atoms with Gasteiger partial charge in [0.25, 0.3) is 5.56 Å². The second-order valence-corrected chi connectivity index (χ2v) is 4.38. The highest BCUT2D eigenvalue weighted by Gasteiger charge is 2.45. The molecule has 2 heterocycles. The van der Waals surface area contributed by atoms with Gasteiger partial charge in [0.1, 0.15) is 36.3 Å². The lowest BCUT2D eigenvalue weighted by Crippen LogP contribution is -2.55. The number of aliphatic hydroxyl groups excluding tert-OH is 3. The van der Waals surface area contributed by atoms with E-state index >= 15 is 0 Å². The molecule has 5 atom stereocenters. The van der Waals surface area contributed by atoms with Crippen molar-refractivity contribution in [3.63, 3.8) is 0 Å². The summed E-state index contributed by atoms with van der Waals surface area (Å²) in [6.45, 7) is 0. The number of nitrogen functional groups attached to an aromatic ring is 2. The van der Waals surface area contributed by atoms with Crippen molar-refractivity contribution in [3.8, 4) is 0 Å². The van der Waals surface area contributed by atoms with E-state index in [4.69, 9.17) is 16.2 Å². The molecule has 1 aliphatic heterocycles. The third-order valence-corrected chi connectivity index (χ3v) is 3.07. The highest BCUT2D eigenvalue weighted by atomic mass is 16.5. The maximum absolute atomic E-state index is 11.8. The lowest BCUT2D eigenvalue weighted by Gasteiger charge is -2.38. The number of ether oxygens (including phenoxy) is 1. The van der Waals surface area contributed by atoms with Crippen molar-refractivity contribution in [1.82, 2.24) is 9.97 Å². The molecule has 0 aromatic carbocycles. The Morgan fingerprint density at radius 1 is 1.20 bits per heavy atom. The van der Waals surface area contributed by atoms with Gasteiger partial charge < -0.3 is 36.3 Å². The number of hydrogen-bond donors (Lipinski definition) is 6. The predicted molar refractivity (Wildman–Crippen MR) is 65.4 cm³/mol. The fourth-order valence-corrected chi connectivity index (χ4v) is 2.05. The maximum Gasteiger partial charge on any atom is 0.260 e. The molecule has 5 unspecified atom stereocenters. The molecule has 20 heavy (non-hydrogen) atoms. The molecule has 0 bridgehead atoms. The molecule has 1 saturated heterocycles. The van der Waals surface area contributed by atoms with E-state index in [1.165, 1.54) is 0 Å². The number of carbonyl (C=O) groups is 1. The lowest BCUT2D eigenvalue weighted by molar-refractivity contribution is -0.217. The fourth-order valence-electron chi connectivity index (χ4n) is 2.05. The summed E-state index contributed by atoms with van der Waals surface area (Å²) in [4.78, 5) is 28.4. The first-order valence-electron chi connectivity index (χ1n) is 5.67. The fraction of sp³-hybridized carbons (Fsp3) is 0.500. The van der Waals surface area contributed by atoms with Gasteiger partial charge in [0.15, 0.2) is 6.29 Å². The number of hydrogen-bond acceptors (Lipinski definition) is 9. The van der Waals surface area contributed by atoms with Crippen molar-refractivity contribution in [2.75, 3.05) is 11.5 Å². The lowest BCUT2D eigenvalue weighted by atomic mass is 9.92. The van der Waals surface area contributed by atoms with E-state index in [9.17, 15) is 24.9 Å². The Balaban J connectivity index is 2.46. The Morgan fingerprint density at radius 3 is 2.40 bits per heavy atom. The standard InChI is InChI=1S/C10H14N4O6/c11-8-3(9(19)14-10(12)13-8)7-6(18)5(17)4(16)2(1-15)20-7/h1-2,4-7,16-18H,(H5,11,12,13,14,19). The van der Waals surface area contributed by atoms with Gasteiger partial charge in [0.2, 0.25) is 5.95 Å². The first-order valence-corrected chi connectivity index (χ1v) is 5.67. The Bertz CT molecular complexity index is 575. The molecule has 2 rings (SSSR count). The first-order chi connectivity index (χ1) is 9.36. The number of aromatic amines is 1. The smallest absolute Gasteiger partial charge is 0.260 e. The molecule has 0 aliphatic carbocycles. The molecule has 1 aromatic rings. The zero-order valence-corrected chi connectivity index (χ0v) is 10.1. The van der Waals surface area contributed by atoms with E-state index in [2.05, 4.69) is 9.97 Å². The number of H-pyrrole nitrogens is 1. The molecule has 1 aromatic heterocycles. The van der Waals surface area contributed by atoms with Crippen LogP contribution in [0.4, 0.5) is 11.8 Å². The third kappa shape index (κ3) is 2.25. The minimum atomic E-state index is -1.68. The van der Waals surface area contributed by atoms with Crippen molar-refractivity contribution >= 4 is 18.1 Å². The molecule has 10 nitrogen and oxygen atoms in total. The van der Waals surface area contributed by atoms with Gasteiger partial charge in [-0.2, -0.15) is 4.98 Å². The molecule has 0 amide bonds. The average molecular weight is 286 g/mol. The van der Waals surface area contributed by atoms with E-state index in [0.29, 0.717) is 0 Å². The van der Waals surface area contributed by atoms with Gasteiger partial charge in [-0.3, -0.25) is 9.78 Å². The Hall–Kier alpha value is -2.01. The maximum atomic E-state index is 11.8. The van der Waals surface area contributed by atoms with Gasteiger partial charge in [-0.1, -0.05) is 0 Å². The second kappa shape index (κ2) is 5.17. The van der Waals surface area contributed by atoms with Crippen molar-refractivity contribution < 1.29 is 24.9 Å². The van der Waals surface area contributed by atoms with Gasteiger partial charge in [-0.05, 0) is 0 Å². The number of nitrogens with two attached hydrogens (primary N) is 2. The monoisotopic (exact) mass is 286 g/mol. The molecule has 1 fully saturated rings. The normalized spacial score (nSPS) is 33.9. The zero-order chi connectivity index (χ0) is 15.0. The van der Waals surface area contributed by atoms with E-state index < -0.39 is 36.1 Å². The molecule has 10 heteroatoms. The van der Waals surface area contributed by atoms with Crippen LogP contribution < -0.4 is 17.0 Å². The molecule has 110 valence electrons. The van der Waals surface area contributed by atoms with Crippen LogP contribution in [0.15, 0.2) is 4.79 Å². The molecule has 8 N–H and O–H groups in total. The average Bonchev–Trinajstić information content (AvgIpc) is 2.37. The van der Waals surface area contributed by atoms with Crippen molar-refractivity contribution in [2.45, 2.75) is 30.5 Å². The van der Waals surface area contributed by atoms with Crippen LogP contribution >= 0.6 is 0 Å². The van der Waals surface area contributed by atoms with E-state index in [1.807, 2.05) is 0 Å². The van der Waals surface area contributed by atoms with Gasteiger partial charge >= 0.3 is 0 Å². The third-order valence-electron chi connectivity index (χ3n) is 3.07. The van der Waals surface area contributed by atoms with Crippen LogP contribution in [-0.2, 0) is 9.53 Å². The molecule has 0 radical (unpaired) electrons. The molecular formula is C10H14N4O6. The minimum absolute atomic E-state index is 0.228. The number of anilines is 2. The SMILES string of the molecule is Nc1nc(N)c(C2OC(C=O)C(O)C(O)C2O)c(=O)[nH]1. The number of aromatic nitrogens is 2. The summed E-state index contributed by atoms with van der Waals surface area (Å²) in [6.07, 6.45) is -7.52. The van der Waals surface area contributed by atoms with Crippen molar-refractivity contribution in [2.24, 2.45) is 0 Å². The number of aldehydes is 1. The number of nitrogens with one attached hydrogen (secondary N) is 1. The van der Waals surface area contributed by atoms with Crippen LogP contribution in [0, 0.1) is 0 Å². The summed E-state index contributed by atoms with van der Waals surface area (Å²) in [5.41, 5.74) is 9.80.